The van der Waals surface area contributed by atoms with Crippen molar-refractivity contribution in [1.29, 1.82) is 0 Å². The van der Waals surface area contributed by atoms with Crippen LogP contribution in [0.5, 0.6) is 5.75 Å². The molecule has 0 aliphatic rings. The van der Waals surface area contributed by atoms with E-state index in [1.54, 1.807) is 7.11 Å². The highest BCUT2D eigenvalue weighted by Gasteiger charge is 2.19. The van der Waals surface area contributed by atoms with E-state index in [-0.39, 0.29) is 0 Å². The molecule has 0 aliphatic heterocycles. The van der Waals surface area contributed by atoms with Gasteiger partial charge in [0.25, 0.3) is 0 Å². The quantitative estimate of drug-likeness (QED) is 0.808. The number of ether oxygens (including phenoxy) is 2. The van der Waals surface area contributed by atoms with E-state index in [0.29, 0.717) is 5.69 Å². The topological polar surface area (TPSA) is 48.4 Å². The van der Waals surface area contributed by atoms with Gasteiger partial charge in [0.15, 0.2) is 5.69 Å². The first-order valence-corrected chi connectivity index (χ1v) is 6.59. The Morgan fingerprint density at radius 3 is 2.58 bits per heavy atom. The molecule has 0 radical (unpaired) electrons. The summed E-state index contributed by atoms with van der Waals surface area (Å²) in [6.45, 7) is 3.84. The van der Waals surface area contributed by atoms with Gasteiger partial charge >= 0.3 is 5.97 Å². The molecule has 0 saturated heterocycles. The minimum Gasteiger partial charge on any atom is -0.496 e. The molecule has 0 N–H and O–H groups in total. The van der Waals surface area contributed by atoms with E-state index in [1.807, 2.05) is 32.0 Å². The number of aryl methyl sites for hydroxylation is 2. The van der Waals surface area contributed by atoms with Gasteiger partial charge in [0.05, 0.1) is 24.1 Å². The van der Waals surface area contributed by atoms with E-state index in [9.17, 15) is 4.79 Å². The van der Waals surface area contributed by atoms with Crippen LogP contribution in [-0.2, 0) is 4.74 Å². The van der Waals surface area contributed by atoms with Crippen molar-refractivity contribution in [1.82, 2.24) is 4.98 Å². The number of hydrogen-bond donors (Lipinski definition) is 0. The van der Waals surface area contributed by atoms with Crippen molar-refractivity contribution in [3.63, 3.8) is 0 Å². The molecule has 1 heterocycles. The number of thiazole rings is 1. The Bertz CT molecular complexity index is 619. The molecule has 2 rings (SSSR count). The predicted molar refractivity (Wildman–Crippen MR) is 74.9 cm³/mol. The van der Waals surface area contributed by atoms with Crippen molar-refractivity contribution in [3.8, 4) is 16.2 Å². The van der Waals surface area contributed by atoms with Crippen LogP contribution in [0.2, 0.25) is 0 Å². The zero-order valence-corrected chi connectivity index (χ0v) is 12.1. The summed E-state index contributed by atoms with van der Waals surface area (Å²) < 4.78 is 10.0. The fraction of sp³-hybridized carbons (Fsp3) is 0.286. The molecule has 2 aromatic rings. The molecule has 0 amide bonds. The normalized spacial score (nSPS) is 10.3. The molecule has 5 heteroatoms. The Morgan fingerprint density at radius 2 is 2.00 bits per heavy atom. The average Bonchev–Trinajstić information content (AvgIpc) is 2.79. The minimum absolute atomic E-state index is 0.370. The molecule has 0 aliphatic carbocycles. The Hall–Kier alpha value is -1.88. The highest BCUT2D eigenvalue weighted by atomic mass is 32.1. The van der Waals surface area contributed by atoms with E-state index in [0.717, 1.165) is 26.8 Å². The first-order chi connectivity index (χ1) is 9.06. The summed E-state index contributed by atoms with van der Waals surface area (Å²) in [5.41, 5.74) is 2.33. The number of benzene rings is 1. The number of esters is 1. The molecule has 0 saturated carbocycles. The van der Waals surface area contributed by atoms with Crippen LogP contribution in [0.4, 0.5) is 0 Å². The van der Waals surface area contributed by atoms with Crippen LogP contribution in [0.1, 0.15) is 21.1 Å². The largest absolute Gasteiger partial charge is 0.496 e. The number of carbonyl (C=O) groups excluding carboxylic acids is 1. The number of rotatable bonds is 3. The lowest BCUT2D eigenvalue weighted by Crippen LogP contribution is -2.03. The molecule has 0 unspecified atom stereocenters. The zero-order valence-electron chi connectivity index (χ0n) is 11.3. The minimum atomic E-state index is -0.409. The van der Waals surface area contributed by atoms with Crippen molar-refractivity contribution in [3.05, 3.63) is 34.5 Å². The lowest BCUT2D eigenvalue weighted by molar-refractivity contribution is 0.0595. The molecule has 0 bridgehead atoms. The van der Waals surface area contributed by atoms with Crippen LogP contribution >= 0.6 is 11.3 Å². The third kappa shape index (κ3) is 2.61. The third-order valence-electron chi connectivity index (χ3n) is 2.77. The summed E-state index contributed by atoms with van der Waals surface area (Å²) in [7, 11) is 3.00. The third-order valence-corrected chi connectivity index (χ3v) is 3.79. The summed E-state index contributed by atoms with van der Waals surface area (Å²) in [5.74, 6) is 0.414. The van der Waals surface area contributed by atoms with Gasteiger partial charge in [-0.25, -0.2) is 9.78 Å². The van der Waals surface area contributed by atoms with E-state index >= 15 is 0 Å². The maximum absolute atomic E-state index is 11.7. The predicted octanol–water partition coefficient (Wildman–Crippen LogP) is 3.22. The number of nitrogens with zero attached hydrogens (tertiary/aromatic N) is 1. The molecular formula is C14H15NO3S. The zero-order chi connectivity index (χ0) is 14.0. The van der Waals surface area contributed by atoms with Gasteiger partial charge in [-0.05, 0) is 43.2 Å². The monoisotopic (exact) mass is 277 g/mol. The van der Waals surface area contributed by atoms with Crippen LogP contribution in [0, 0.1) is 13.8 Å². The van der Waals surface area contributed by atoms with Crippen molar-refractivity contribution < 1.29 is 14.3 Å². The molecule has 0 fully saturated rings. The molecule has 1 aromatic carbocycles. The van der Waals surface area contributed by atoms with E-state index < -0.39 is 5.97 Å². The maximum Gasteiger partial charge on any atom is 0.358 e. The molecule has 1 aromatic heterocycles. The second-order valence-corrected chi connectivity index (χ2v) is 5.29. The number of hydrogen-bond acceptors (Lipinski definition) is 5. The molecule has 0 atom stereocenters. The summed E-state index contributed by atoms with van der Waals surface area (Å²) >= 11 is 1.48. The standard InChI is InChI=1S/C14H15NO3S/c1-8-7-10(5-6-11(8)17-3)13-12(14(16)18-4)15-9(2)19-13/h5-7H,1-4H3. The molecule has 100 valence electrons. The average molecular weight is 277 g/mol. The molecule has 4 nitrogen and oxygen atoms in total. The highest BCUT2D eigenvalue weighted by Crippen LogP contribution is 2.33. The fourth-order valence-electron chi connectivity index (χ4n) is 1.88. The van der Waals surface area contributed by atoms with Gasteiger partial charge in [0, 0.05) is 0 Å². The van der Waals surface area contributed by atoms with Crippen molar-refractivity contribution in [2.75, 3.05) is 14.2 Å². The highest BCUT2D eigenvalue weighted by molar-refractivity contribution is 7.15. The van der Waals surface area contributed by atoms with Crippen LogP contribution in [0.15, 0.2) is 18.2 Å². The molecular weight excluding hydrogens is 262 g/mol. The number of aromatic nitrogens is 1. The Balaban J connectivity index is 2.52. The van der Waals surface area contributed by atoms with Crippen LogP contribution < -0.4 is 4.74 Å². The second-order valence-electron chi connectivity index (χ2n) is 4.09. The van der Waals surface area contributed by atoms with Gasteiger partial charge in [-0.2, -0.15) is 0 Å². The van der Waals surface area contributed by atoms with E-state index in [1.165, 1.54) is 18.4 Å². The Kier molecular flexibility index (Phi) is 3.85. The summed E-state index contributed by atoms with van der Waals surface area (Å²) in [6, 6.07) is 5.80. The van der Waals surface area contributed by atoms with Gasteiger partial charge < -0.3 is 9.47 Å². The van der Waals surface area contributed by atoms with Crippen LogP contribution in [-0.4, -0.2) is 25.2 Å². The maximum atomic E-state index is 11.7. The number of methoxy groups -OCH3 is 2. The van der Waals surface area contributed by atoms with Crippen LogP contribution in [0.3, 0.4) is 0 Å². The molecule has 19 heavy (non-hydrogen) atoms. The van der Waals surface area contributed by atoms with E-state index in [4.69, 9.17) is 9.47 Å². The van der Waals surface area contributed by atoms with Gasteiger partial charge in [-0.15, -0.1) is 11.3 Å². The van der Waals surface area contributed by atoms with Crippen molar-refractivity contribution in [2.45, 2.75) is 13.8 Å². The number of carbonyl (C=O) groups is 1. The first-order valence-electron chi connectivity index (χ1n) is 5.77. The van der Waals surface area contributed by atoms with Gasteiger partial charge in [-0.3, -0.25) is 0 Å². The SMILES string of the molecule is COC(=O)c1nc(C)sc1-c1ccc(OC)c(C)c1. The van der Waals surface area contributed by atoms with Gasteiger partial charge in [-0.1, -0.05) is 0 Å². The second kappa shape index (κ2) is 5.40. The Labute approximate surface area is 116 Å². The Morgan fingerprint density at radius 1 is 1.26 bits per heavy atom. The summed E-state index contributed by atoms with van der Waals surface area (Å²) in [4.78, 5) is 16.8. The summed E-state index contributed by atoms with van der Waals surface area (Å²) in [5, 5.41) is 0.837. The lowest BCUT2D eigenvalue weighted by atomic mass is 10.1. The summed E-state index contributed by atoms with van der Waals surface area (Å²) in [6.07, 6.45) is 0. The van der Waals surface area contributed by atoms with Crippen molar-refractivity contribution in [2.24, 2.45) is 0 Å². The smallest absolute Gasteiger partial charge is 0.358 e. The first kappa shape index (κ1) is 13.5. The van der Waals surface area contributed by atoms with Gasteiger partial charge in [0.1, 0.15) is 5.75 Å². The van der Waals surface area contributed by atoms with Gasteiger partial charge in [0.2, 0.25) is 0 Å². The fourth-order valence-corrected chi connectivity index (χ4v) is 2.78. The van der Waals surface area contributed by atoms with Crippen LogP contribution in [0.25, 0.3) is 10.4 Å². The van der Waals surface area contributed by atoms with E-state index in [2.05, 4.69) is 4.98 Å². The van der Waals surface area contributed by atoms with Crippen molar-refractivity contribution >= 4 is 17.3 Å². The molecule has 0 spiro atoms. The lowest BCUT2D eigenvalue weighted by Gasteiger charge is -2.07.